The summed E-state index contributed by atoms with van der Waals surface area (Å²) >= 11 is 6.44. The average molecular weight is 989 g/mol. The van der Waals surface area contributed by atoms with Gasteiger partial charge in [0.15, 0.2) is 0 Å². The van der Waals surface area contributed by atoms with Crippen LogP contribution in [0.1, 0.15) is 120 Å². The van der Waals surface area contributed by atoms with Crippen molar-refractivity contribution in [2.24, 2.45) is 11.7 Å². The standard InChI is InChI=1S/C54H66ClN9O7/c1-34(65)63-29-19-41(45(46(63)47(56)66)59-49(68)36-11-16-39(17-12-36)53(22-23-53)33-62-26-5-6-27-62)54(60-50(69)37-13-18-40-42(55)31-57-43(40)30-37)44(8-7-28-64(54)51(70)71-2)58-48(67)35-9-14-38(15-10-35)52(20-21-52)32-61-24-3-4-25-61/h9-18,30-31,41,44-46,57H,3-8,19-29,32-33H2,1-2H3,(H2,56,66)(H,58,67)(H,59,68)(H,60,69). The number of aromatic nitrogens is 1. The first-order chi connectivity index (χ1) is 34.2. The average Bonchev–Trinajstić information content (AvgIpc) is 4.11. The van der Waals surface area contributed by atoms with E-state index >= 15 is 4.79 Å². The number of amides is 6. The first kappa shape index (κ1) is 48.6. The van der Waals surface area contributed by atoms with E-state index < -0.39 is 65.3 Å². The molecule has 4 aliphatic heterocycles. The Bertz CT molecular complexity index is 2690. The fourth-order valence-electron chi connectivity index (χ4n) is 12.7. The van der Waals surface area contributed by atoms with Crippen molar-refractivity contribution in [3.63, 3.8) is 0 Å². The summed E-state index contributed by atoms with van der Waals surface area (Å²) in [5, 5.41) is 10.8. The number of H-pyrrole nitrogens is 1. The topological polar surface area (TPSA) is 203 Å². The molecule has 4 saturated heterocycles. The minimum absolute atomic E-state index is 0.0192. The van der Waals surface area contributed by atoms with E-state index in [1.165, 1.54) is 55.1 Å². The van der Waals surface area contributed by atoms with Gasteiger partial charge in [0.2, 0.25) is 11.8 Å². The van der Waals surface area contributed by atoms with Crippen LogP contribution in [-0.4, -0.2) is 143 Å². The third-order valence-electron chi connectivity index (χ3n) is 16.8. The van der Waals surface area contributed by atoms with Gasteiger partial charge in [-0.1, -0.05) is 41.9 Å². The summed E-state index contributed by atoms with van der Waals surface area (Å²) in [6.45, 7) is 7.74. The molecule has 17 heteroatoms. The first-order valence-corrected chi connectivity index (χ1v) is 25.9. The molecular formula is C54H66ClN9O7. The van der Waals surface area contributed by atoms with Crippen LogP contribution < -0.4 is 21.7 Å². The van der Waals surface area contributed by atoms with E-state index in [1.54, 1.807) is 36.5 Å². The van der Waals surface area contributed by atoms with Crippen molar-refractivity contribution in [3.05, 3.63) is 106 Å². The summed E-state index contributed by atoms with van der Waals surface area (Å²) in [4.78, 5) is 97.3. The highest BCUT2D eigenvalue weighted by atomic mass is 35.5. The summed E-state index contributed by atoms with van der Waals surface area (Å²) in [5.74, 6) is -3.98. The number of nitrogens with one attached hydrogen (secondary N) is 4. The first-order valence-electron chi connectivity index (χ1n) is 25.5. The van der Waals surface area contributed by atoms with Gasteiger partial charge in [0, 0.05) is 83.6 Å². The fraction of sp³-hybridized carbons (Fsp3) is 0.519. The molecule has 6 N–H and O–H groups in total. The highest BCUT2D eigenvalue weighted by Crippen LogP contribution is 2.50. The van der Waals surface area contributed by atoms with Crippen LogP contribution in [0.5, 0.6) is 0 Å². The third-order valence-corrected chi connectivity index (χ3v) is 17.1. The Hall–Kier alpha value is -5.97. The Morgan fingerprint density at radius 2 is 1.25 bits per heavy atom. The zero-order valence-corrected chi connectivity index (χ0v) is 41.5. The van der Waals surface area contributed by atoms with E-state index in [9.17, 15) is 24.0 Å². The molecule has 16 nitrogen and oxygen atoms in total. The number of hydrogen-bond donors (Lipinski definition) is 5. The number of primary amides is 1. The van der Waals surface area contributed by atoms with Crippen molar-refractivity contribution in [2.45, 2.75) is 112 Å². The molecule has 2 saturated carbocycles. The maximum atomic E-state index is 15.1. The summed E-state index contributed by atoms with van der Waals surface area (Å²) < 4.78 is 5.48. The maximum Gasteiger partial charge on any atom is 0.411 e. The maximum absolute atomic E-state index is 15.1. The van der Waals surface area contributed by atoms with Crippen molar-refractivity contribution in [3.8, 4) is 0 Å². The number of nitrogens with zero attached hydrogens (tertiary/aromatic N) is 4. The quantitative estimate of drug-likeness (QED) is 0.105. The van der Waals surface area contributed by atoms with Crippen LogP contribution in [0.3, 0.4) is 0 Å². The fourth-order valence-corrected chi connectivity index (χ4v) is 12.9. The number of fused-ring (bicyclic) bond motifs is 1. The molecule has 376 valence electrons. The predicted molar refractivity (Wildman–Crippen MR) is 269 cm³/mol. The molecule has 6 fully saturated rings. The smallest absolute Gasteiger partial charge is 0.411 e. The lowest BCUT2D eigenvalue weighted by atomic mass is 9.69. The number of rotatable bonds is 14. The van der Waals surface area contributed by atoms with Gasteiger partial charge in [0.05, 0.1) is 24.2 Å². The van der Waals surface area contributed by atoms with E-state index in [2.05, 4.69) is 30.7 Å². The Morgan fingerprint density at radius 1 is 0.704 bits per heavy atom. The number of benzene rings is 3. The van der Waals surface area contributed by atoms with Crippen molar-refractivity contribution in [1.82, 2.24) is 40.5 Å². The monoisotopic (exact) mass is 987 g/mol. The number of methoxy groups -OCH3 is 1. The molecule has 6 aliphatic rings. The van der Waals surface area contributed by atoms with Gasteiger partial charge in [-0.3, -0.25) is 28.9 Å². The van der Waals surface area contributed by atoms with Gasteiger partial charge in [-0.25, -0.2) is 4.79 Å². The van der Waals surface area contributed by atoms with Crippen molar-refractivity contribution < 1.29 is 33.5 Å². The van der Waals surface area contributed by atoms with Gasteiger partial charge in [0.1, 0.15) is 11.7 Å². The number of halogens is 1. The Morgan fingerprint density at radius 3 is 1.77 bits per heavy atom. The van der Waals surface area contributed by atoms with Gasteiger partial charge in [0.25, 0.3) is 17.7 Å². The van der Waals surface area contributed by atoms with Crippen molar-refractivity contribution >= 4 is 58.1 Å². The van der Waals surface area contributed by atoms with Gasteiger partial charge in [-0.05, 0) is 144 Å². The zero-order valence-electron chi connectivity index (χ0n) is 40.8. The number of likely N-dealkylation sites (tertiary alicyclic amines) is 4. The summed E-state index contributed by atoms with van der Waals surface area (Å²) in [5.41, 5.74) is 8.34. The van der Waals surface area contributed by atoms with E-state index in [0.29, 0.717) is 33.5 Å². The minimum atomic E-state index is -1.89. The van der Waals surface area contributed by atoms with Crippen LogP contribution in [0.4, 0.5) is 4.79 Å². The Balaban J connectivity index is 1.03. The van der Waals surface area contributed by atoms with Gasteiger partial charge < -0.3 is 46.1 Å². The van der Waals surface area contributed by atoms with E-state index in [1.807, 2.05) is 36.4 Å². The number of aromatic amines is 1. The zero-order chi connectivity index (χ0) is 49.7. The van der Waals surface area contributed by atoms with Crippen molar-refractivity contribution in [1.29, 1.82) is 0 Å². The third kappa shape index (κ3) is 9.38. The SMILES string of the molecule is COC(=O)N1CCCC(NC(=O)c2ccc(C3(CN4CCCC4)CC3)cc2)C1(NC(=O)c1ccc2c(Cl)c[nH]c2c1)C1CCN(C(C)=O)C(C(N)=O)C1NC(=O)c1ccc(C2(CN3CCCC3)CC2)cc1. The number of nitrogens with two attached hydrogens (primary N) is 1. The second kappa shape index (κ2) is 19.6. The molecule has 4 aromatic rings. The number of piperidine rings is 2. The molecule has 0 radical (unpaired) electrons. The van der Waals surface area contributed by atoms with E-state index in [4.69, 9.17) is 22.1 Å². The molecule has 10 rings (SSSR count). The molecule has 71 heavy (non-hydrogen) atoms. The lowest BCUT2D eigenvalue weighted by Gasteiger charge is -2.59. The highest BCUT2D eigenvalue weighted by molar-refractivity contribution is 6.35. The van der Waals surface area contributed by atoms with Crippen molar-refractivity contribution in [2.75, 3.05) is 59.5 Å². The number of ether oxygens (including phenoxy) is 1. The van der Waals surface area contributed by atoms with Crippen LogP contribution in [0.2, 0.25) is 5.02 Å². The van der Waals surface area contributed by atoms with Crippen LogP contribution in [0, 0.1) is 5.92 Å². The van der Waals surface area contributed by atoms with E-state index in [-0.39, 0.29) is 42.3 Å². The summed E-state index contributed by atoms with van der Waals surface area (Å²) in [6.07, 6.45) is 10.7. The molecule has 6 amide bonds. The molecule has 0 bridgehead atoms. The second-order valence-electron chi connectivity index (χ2n) is 21.1. The predicted octanol–water partition coefficient (Wildman–Crippen LogP) is 5.68. The Kier molecular flexibility index (Phi) is 13.4. The molecule has 5 unspecified atom stereocenters. The number of hydrogen-bond acceptors (Lipinski definition) is 9. The van der Waals surface area contributed by atoms with Gasteiger partial charge >= 0.3 is 6.09 Å². The molecule has 1 aromatic heterocycles. The lowest BCUT2D eigenvalue weighted by molar-refractivity contribution is -0.146. The lowest BCUT2D eigenvalue weighted by Crippen LogP contribution is -2.81. The van der Waals surface area contributed by atoms with Crippen LogP contribution in [-0.2, 0) is 25.2 Å². The van der Waals surface area contributed by atoms with E-state index in [0.717, 1.165) is 70.5 Å². The molecule has 0 spiro atoms. The van der Waals surface area contributed by atoms with Gasteiger partial charge in [-0.2, -0.15) is 0 Å². The molecule has 5 heterocycles. The second-order valence-corrected chi connectivity index (χ2v) is 21.5. The molecule has 5 atom stereocenters. The summed E-state index contributed by atoms with van der Waals surface area (Å²) in [6, 6.07) is 16.5. The normalized spacial score (nSPS) is 25.9. The van der Waals surface area contributed by atoms with Crippen LogP contribution >= 0.6 is 11.6 Å². The van der Waals surface area contributed by atoms with Crippen LogP contribution in [0.25, 0.3) is 10.9 Å². The molecule has 2 aliphatic carbocycles. The number of carbonyl (C=O) groups excluding carboxylic acids is 6. The van der Waals surface area contributed by atoms with Crippen LogP contribution in [0.15, 0.2) is 72.9 Å². The van der Waals surface area contributed by atoms with Gasteiger partial charge in [-0.15, -0.1) is 0 Å². The molecular weight excluding hydrogens is 922 g/mol. The largest absolute Gasteiger partial charge is 0.453 e. The summed E-state index contributed by atoms with van der Waals surface area (Å²) in [7, 11) is 1.24. The minimum Gasteiger partial charge on any atom is -0.453 e. The number of carbonyl (C=O) groups is 6. The highest BCUT2D eigenvalue weighted by Gasteiger charge is 2.61. The molecule has 3 aromatic carbocycles. The Labute approximate surface area is 419 Å².